The lowest BCUT2D eigenvalue weighted by molar-refractivity contribution is -0.384. The smallest absolute Gasteiger partial charge is 0.269 e. The van der Waals surface area contributed by atoms with Crippen LogP contribution in [0.1, 0.15) is 12.5 Å². The molecular formula is C25H21N3O4S. The van der Waals surface area contributed by atoms with Gasteiger partial charge in [0.1, 0.15) is 11.5 Å². The lowest BCUT2D eigenvalue weighted by Gasteiger charge is -2.04. The molecule has 0 saturated carbocycles. The molecule has 0 atom stereocenters. The number of non-ortho nitro benzene ring substituents is 1. The van der Waals surface area contributed by atoms with Crippen LogP contribution in [0.15, 0.2) is 77.8 Å². The van der Waals surface area contributed by atoms with Crippen molar-refractivity contribution in [3.05, 3.63) is 88.5 Å². The van der Waals surface area contributed by atoms with E-state index in [0.717, 1.165) is 38.8 Å². The number of rotatable bonds is 8. The van der Waals surface area contributed by atoms with Gasteiger partial charge in [-0.25, -0.2) is 9.98 Å². The van der Waals surface area contributed by atoms with Crippen molar-refractivity contribution in [1.82, 2.24) is 4.98 Å². The van der Waals surface area contributed by atoms with Gasteiger partial charge in [-0.3, -0.25) is 10.1 Å². The highest BCUT2D eigenvalue weighted by Gasteiger charge is 2.16. The average molecular weight is 460 g/mol. The molecule has 1 aromatic heterocycles. The van der Waals surface area contributed by atoms with Crippen LogP contribution in [0.2, 0.25) is 0 Å². The highest BCUT2D eigenvalue weighted by atomic mass is 32.1. The van der Waals surface area contributed by atoms with Crippen LogP contribution in [0, 0.1) is 10.1 Å². The topological polar surface area (TPSA) is 86.9 Å². The van der Waals surface area contributed by atoms with Crippen LogP contribution < -0.4 is 9.47 Å². The Morgan fingerprint density at radius 1 is 0.970 bits per heavy atom. The molecule has 0 N–H and O–H groups in total. The Morgan fingerprint density at radius 2 is 1.61 bits per heavy atom. The van der Waals surface area contributed by atoms with Crippen molar-refractivity contribution in [2.45, 2.75) is 6.92 Å². The highest BCUT2D eigenvalue weighted by molar-refractivity contribution is 7.19. The van der Waals surface area contributed by atoms with Crippen molar-refractivity contribution in [3.8, 4) is 33.2 Å². The zero-order valence-corrected chi connectivity index (χ0v) is 18.9. The zero-order chi connectivity index (χ0) is 23.2. The molecule has 0 radical (unpaired) electrons. The van der Waals surface area contributed by atoms with Crippen molar-refractivity contribution >= 4 is 28.4 Å². The molecule has 4 aromatic rings. The quantitative estimate of drug-likeness (QED) is 0.170. The maximum Gasteiger partial charge on any atom is 0.269 e. The van der Waals surface area contributed by atoms with Crippen LogP contribution in [0.3, 0.4) is 0 Å². The highest BCUT2D eigenvalue weighted by Crippen LogP contribution is 2.40. The summed E-state index contributed by atoms with van der Waals surface area (Å²) >= 11 is 1.43. The number of nitrogens with zero attached hydrogens (tertiary/aromatic N) is 3. The second kappa shape index (κ2) is 10.1. The molecule has 0 bridgehead atoms. The summed E-state index contributed by atoms with van der Waals surface area (Å²) in [6, 6.07) is 21.7. The molecule has 0 saturated heterocycles. The molecule has 0 aliphatic carbocycles. The lowest BCUT2D eigenvalue weighted by atomic mass is 10.1. The zero-order valence-electron chi connectivity index (χ0n) is 18.1. The van der Waals surface area contributed by atoms with Gasteiger partial charge in [0.15, 0.2) is 0 Å². The third-order valence-electron chi connectivity index (χ3n) is 4.83. The standard InChI is InChI=1S/C25H21N3O4S/c1-3-32-22-12-4-17(5-13-22)16-26-25-27-23(18-8-14-21(31-2)15-9-18)24(33-25)19-6-10-20(11-7-19)28(29)30/h4-16H,3H2,1-2H3. The molecule has 33 heavy (non-hydrogen) atoms. The number of ether oxygens (including phenoxy) is 2. The summed E-state index contributed by atoms with van der Waals surface area (Å²) in [6.45, 7) is 2.56. The first kappa shape index (κ1) is 22.2. The van der Waals surface area contributed by atoms with Gasteiger partial charge in [-0.15, -0.1) is 0 Å². The van der Waals surface area contributed by atoms with Crippen LogP contribution in [-0.2, 0) is 0 Å². The Bertz CT molecular complexity index is 1260. The Hall–Kier alpha value is -4.04. The largest absolute Gasteiger partial charge is 0.497 e. The van der Waals surface area contributed by atoms with Gasteiger partial charge in [0.25, 0.3) is 5.69 Å². The van der Waals surface area contributed by atoms with Gasteiger partial charge in [-0.1, -0.05) is 11.3 Å². The number of aromatic nitrogens is 1. The maximum atomic E-state index is 11.0. The number of nitro groups is 1. The predicted octanol–water partition coefficient (Wildman–Crippen LogP) is 6.54. The number of methoxy groups -OCH3 is 1. The van der Waals surface area contributed by atoms with Crippen LogP contribution >= 0.6 is 11.3 Å². The van der Waals surface area contributed by atoms with Crippen LogP contribution in [0.4, 0.5) is 10.8 Å². The molecule has 0 amide bonds. The van der Waals surface area contributed by atoms with E-state index >= 15 is 0 Å². The van der Waals surface area contributed by atoms with Gasteiger partial charge in [-0.2, -0.15) is 0 Å². The minimum absolute atomic E-state index is 0.0445. The number of hydrogen-bond acceptors (Lipinski definition) is 7. The van der Waals surface area contributed by atoms with Crippen molar-refractivity contribution in [3.63, 3.8) is 0 Å². The van der Waals surface area contributed by atoms with E-state index in [1.54, 1.807) is 25.5 Å². The summed E-state index contributed by atoms with van der Waals surface area (Å²) in [4.78, 5) is 20.8. The van der Waals surface area contributed by atoms with Gasteiger partial charge >= 0.3 is 0 Å². The summed E-state index contributed by atoms with van der Waals surface area (Å²) in [6.07, 6.45) is 1.76. The van der Waals surface area contributed by atoms with Gasteiger partial charge in [0, 0.05) is 23.9 Å². The molecular weight excluding hydrogens is 438 g/mol. The van der Waals surface area contributed by atoms with E-state index < -0.39 is 4.92 Å². The SMILES string of the molecule is CCOc1ccc(C=Nc2nc(-c3ccc(OC)cc3)c(-c3ccc([N+](=O)[O-])cc3)s2)cc1. The van der Waals surface area contributed by atoms with Gasteiger partial charge in [-0.05, 0) is 78.7 Å². The lowest BCUT2D eigenvalue weighted by Crippen LogP contribution is -1.91. The van der Waals surface area contributed by atoms with E-state index in [1.807, 2.05) is 55.5 Å². The Labute approximate surface area is 195 Å². The summed E-state index contributed by atoms with van der Waals surface area (Å²) in [5.41, 5.74) is 3.48. The molecule has 0 unspecified atom stereocenters. The van der Waals surface area contributed by atoms with Crippen LogP contribution in [0.5, 0.6) is 11.5 Å². The Kier molecular flexibility index (Phi) is 6.75. The maximum absolute atomic E-state index is 11.0. The summed E-state index contributed by atoms with van der Waals surface area (Å²) in [7, 11) is 1.62. The molecule has 166 valence electrons. The fourth-order valence-electron chi connectivity index (χ4n) is 3.19. The van der Waals surface area contributed by atoms with Gasteiger partial charge in [0.05, 0.1) is 29.2 Å². The average Bonchev–Trinajstić information content (AvgIpc) is 3.28. The minimum Gasteiger partial charge on any atom is -0.497 e. The summed E-state index contributed by atoms with van der Waals surface area (Å²) in [5.74, 6) is 1.56. The van der Waals surface area contributed by atoms with E-state index in [4.69, 9.17) is 14.5 Å². The third-order valence-corrected chi connectivity index (χ3v) is 5.85. The molecule has 8 heteroatoms. The van der Waals surface area contributed by atoms with E-state index in [9.17, 15) is 10.1 Å². The second-order valence-corrected chi connectivity index (χ2v) is 7.94. The minimum atomic E-state index is -0.409. The van der Waals surface area contributed by atoms with Gasteiger partial charge < -0.3 is 9.47 Å². The number of benzene rings is 3. The van der Waals surface area contributed by atoms with E-state index in [2.05, 4.69) is 4.99 Å². The normalized spacial score (nSPS) is 11.0. The van der Waals surface area contributed by atoms with Crippen molar-refractivity contribution < 1.29 is 14.4 Å². The number of nitro benzene ring substituents is 1. The van der Waals surface area contributed by atoms with E-state index in [1.165, 1.54) is 23.5 Å². The molecule has 1 heterocycles. The molecule has 0 spiro atoms. The van der Waals surface area contributed by atoms with Crippen LogP contribution in [-0.4, -0.2) is 29.8 Å². The van der Waals surface area contributed by atoms with Crippen molar-refractivity contribution in [1.29, 1.82) is 0 Å². The summed E-state index contributed by atoms with van der Waals surface area (Å²) < 4.78 is 10.7. The first-order valence-corrected chi connectivity index (χ1v) is 11.1. The van der Waals surface area contributed by atoms with Crippen LogP contribution in [0.25, 0.3) is 21.7 Å². The third kappa shape index (κ3) is 5.24. The van der Waals surface area contributed by atoms with E-state index in [-0.39, 0.29) is 5.69 Å². The second-order valence-electron chi connectivity index (χ2n) is 6.97. The summed E-state index contributed by atoms with van der Waals surface area (Å²) in [5, 5.41) is 11.6. The first-order valence-electron chi connectivity index (χ1n) is 10.2. The van der Waals surface area contributed by atoms with E-state index in [0.29, 0.717) is 11.7 Å². The Morgan fingerprint density at radius 3 is 2.21 bits per heavy atom. The van der Waals surface area contributed by atoms with Crippen molar-refractivity contribution in [2.24, 2.45) is 4.99 Å². The van der Waals surface area contributed by atoms with Crippen molar-refractivity contribution in [2.75, 3.05) is 13.7 Å². The number of thiazole rings is 1. The molecule has 0 aliphatic rings. The fraction of sp³-hybridized carbons (Fsp3) is 0.120. The van der Waals surface area contributed by atoms with Gasteiger partial charge in [0.2, 0.25) is 5.13 Å². The number of hydrogen-bond donors (Lipinski definition) is 0. The molecule has 0 aliphatic heterocycles. The first-order chi connectivity index (χ1) is 16.1. The predicted molar refractivity (Wildman–Crippen MR) is 131 cm³/mol. The molecule has 4 rings (SSSR count). The fourth-order valence-corrected chi connectivity index (χ4v) is 4.12. The molecule has 3 aromatic carbocycles. The monoisotopic (exact) mass is 459 g/mol. The number of aliphatic imine (C=N–C) groups is 1. The molecule has 7 nitrogen and oxygen atoms in total. The molecule has 0 fully saturated rings. The Balaban J connectivity index is 1.70.